The van der Waals surface area contributed by atoms with Crippen LogP contribution in [0.25, 0.3) is 0 Å². The van der Waals surface area contributed by atoms with Crippen molar-refractivity contribution in [2.75, 3.05) is 0 Å². The molecule has 0 aliphatic heterocycles. The minimum absolute atomic E-state index is 3.22. The van der Waals surface area contributed by atoms with Crippen molar-refractivity contribution < 1.29 is 32.2 Å². The first kappa shape index (κ1) is 5.73. The van der Waals surface area contributed by atoms with Gasteiger partial charge in [-0.15, -0.1) is 0 Å². The summed E-state index contributed by atoms with van der Waals surface area (Å²) in [4.78, 5) is 9.67. The lowest BCUT2D eigenvalue weighted by Crippen LogP contribution is -1.76. The summed E-state index contributed by atoms with van der Waals surface area (Å²) in [5.74, 6) is 0. The van der Waals surface area contributed by atoms with Crippen molar-refractivity contribution in [1.29, 1.82) is 4.29 Å². The van der Waals surface area contributed by atoms with Crippen LogP contribution in [0.1, 0.15) is 0 Å². The molecule has 9 heavy (non-hydrogen) atoms. The Kier molecular flexibility index (Phi) is 3.06. The lowest BCUT2D eigenvalue weighted by atomic mass is 10.5. The van der Waals surface area contributed by atoms with Crippen molar-refractivity contribution in [1.82, 2.24) is 0 Å². The van der Waals surface area contributed by atoms with Gasteiger partial charge >= 0.3 is 15.4 Å². The number of hydrogen-bond acceptors (Lipinski definition) is 4. The predicted molar refractivity (Wildman–Crippen MR) is 23.3 cm³/mol. The molecule has 4 nitrogen and oxygen atoms in total. The average Bonchev–Trinajstić information content (AvgIpc) is 2.02. The van der Waals surface area contributed by atoms with Crippen LogP contribution in [-0.2, 0) is 4.57 Å². The highest BCUT2D eigenvalue weighted by Crippen LogP contribution is 2.25. The van der Waals surface area contributed by atoms with Crippen LogP contribution in [0.4, 0.5) is 12.9 Å². The van der Waals surface area contributed by atoms with Gasteiger partial charge in [0.05, 0.1) is 0 Å². The van der Waals surface area contributed by atoms with Gasteiger partial charge in [0.2, 0.25) is 4.29 Å². The third-order valence-electron chi connectivity index (χ3n) is 0. The third-order valence-corrected chi connectivity index (χ3v) is 0. The average molecular weight is 169 g/mol. The van der Waals surface area contributed by atoms with Crippen LogP contribution >= 0.6 is 7.82 Å². The molecule has 0 radical (unpaired) electrons. The fourth-order valence-corrected chi connectivity index (χ4v) is 0. The van der Waals surface area contributed by atoms with Crippen LogP contribution in [0.15, 0.2) is 0 Å². The van der Waals surface area contributed by atoms with E-state index in [-0.39, 0.29) is 0 Å². The second-order valence-corrected chi connectivity index (χ2v) is 1.59. The Hall–Kier alpha value is -0.0351. The minimum atomic E-state index is -4.16. The first-order chi connectivity index (χ1) is 5.41. The van der Waals surface area contributed by atoms with Gasteiger partial charge in [0, 0.05) is 0 Å². The van der Waals surface area contributed by atoms with E-state index in [0.717, 1.165) is 0 Å². The number of halogens is 3. The van der Waals surface area contributed by atoms with E-state index in [1.54, 1.807) is 0 Å². The van der Waals surface area contributed by atoms with E-state index in [1.165, 1.54) is 0 Å². The molecule has 0 unspecified atom stereocenters. The van der Waals surface area contributed by atoms with Gasteiger partial charge in [-0.2, -0.15) is 0 Å². The summed E-state index contributed by atoms with van der Waals surface area (Å²) in [6.07, 6.45) is 0. The van der Waals surface area contributed by atoms with Crippen LogP contribution in [-0.4, -0.2) is 26.5 Å². The Bertz CT molecular complexity index is 124. The van der Waals surface area contributed by atoms with Gasteiger partial charge in [-0.3, -0.25) is 12.9 Å². The van der Waals surface area contributed by atoms with Crippen LogP contribution in [0, 0.1) is 0 Å². The Labute approximate surface area is 53.3 Å². The molecule has 0 aromatic carbocycles. The molecule has 0 aliphatic carbocycles. The Morgan fingerprint density at radius 3 is 1.56 bits per heavy atom. The summed E-state index contributed by atoms with van der Waals surface area (Å²) in [6.45, 7) is 0. The van der Waals surface area contributed by atoms with Gasteiger partial charge in [0.25, 0.3) is 0 Å². The molecule has 0 aliphatic rings. The molecule has 0 fully saturated rings. The van der Waals surface area contributed by atoms with Crippen molar-refractivity contribution in [3.05, 3.63) is 0 Å². The van der Waals surface area contributed by atoms with Crippen LogP contribution < -0.4 is 0 Å². The van der Waals surface area contributed by atoms with E-state index in [2.05, 4.69) is 14.7 Å². The van der Waals surface area contributed by atoms with E-state index in [1.807, 2.05) is 0 Å². The standard InChI is InChI=1S/BF3.H3O4P/c2-1(3)4;1-5(2,3)4/h;(H3,1,2,3,4)/i/hD3. The van der Waals surface area contributed by atoms with Gasteiger partial charge in [-0.1, -0.05) is 0 Å². The fraction of sp³-hybridized carbons (Fsp3) is 0. The summed E-state index contributed by atoms with van der Waals surface area (Å²) in [7, 11) is -7.83. The summed E-state index contributed by atoms with van der Waals surface area (Å²) in [5, 5.41) is 0. The zero-order chi connectivity index (χ0) is 10.2. The van der Waals surface area contributed by atoms with E-state index >= 15 is 0 Å². The second-order valence-electron chi connectivity index (χ2n) is 0.695. The largest absolute Gasteiger partial charge is 0.762 e. The Morgan fingerprint density at radius 2 is 1.56 bits per heavy atom. The number of rotatable bonds is 3. The van der Waals surface area contributed by atoms with Crippen molar-refractivity contribution >= 4 is 15.4 Å². The summed E-state index contributed by atoms with van der Waals surface area (Å²) in [5.41, 5.74) is 0. The molecular weight excluding hydrogens is 163 g/mol. The molecule has 0 aromatic heterocycles. The molecule has 0 rings (SSSR count). The minimum Gasteiger partial charge on any atom is -0.303 e. The first-order valence-corrected chi connectivity index (χ1v) is 2.85. The zero-order valence-electron chi connectivity index (χ0n) is 6.79. The maximum absolute atomic E-state index is 10.1. The smallest absolute Gasteiger partial charge is 0.303 e. The lowest BCUT2D eigenvalue weighted by molar-refractivity contribution is 0.275. The number of phosphoric acid groups is 1. The van der Waals surface area contributed by atoms with Crippen LogP contribution in [0.3, 0.4) is 0 Å². The summed E-state index contributed by atoms with van der Waals surface area (Å²) < 4.78 is 56.8. The predicted octanol–water partition coefficient (Wildman–Crippen LogP) is -0.0488. The summed E-state index contributed by atoms with van der Waals surface area (Å²) in [6, 6.07) is 0. The monoisotopic (exact) mass is 169 g/mol. The molecule has 9 heteroatoms. The quantitative estimate of drug-likeness (QED) is 0.408. The highest BCUT2D eigenvalue weighted by atomic mass is 31.2. The molecule has 0 atom stereocenters. The molecule has 0 spiro atoms. The van der Waals surface area contributed by atoms with Gasteiger partial charge in [0.1, 0.15) is 0 Å². The molecule has 0 aromatic rings. The van der Waals surface area contributed by atoms with Gasteiger partial charge < -0.3 is 14.7 Å². The lowest BCUT2D eigenvalue weighted by Gasteiger charge is -1.82. The van der Waals surface area contributed by atoms with Crippen molar-refractivity contribution in [2.45, 2.75) is 0 Å². The Balaban J connectivity index is 0. The maximum Gasteiger partial charge on any atom is 0.762 e. The van der Waals surface area contributed by atoms with Crippen molar-refractivity contribution in [2.24, 2.45) is 0 Å². The molecule has 0 saturated carbocycles. The highest BCUT2D eigenvalue weighted by Gasteiger charge is 2.06. The molecule has 56 valence electrons. The third kappa shape index (κ3) is 230000. The molecule has 0 amide bonds. The van der Waals surface area contributed by atoms with Gasteiger partial charge in [-0.05, 0) is 0 Å². The van der Waals surface area contributed by atoms with E-state index in [9.17, 15) is 17.5 Å². The fourth-order valence-electron chi connectivity index (χ4n) is 0. The zero-order valence-corrected chi connectivity index (χ0v) is 4.69. The topological polar surface area (TPSA) is 77.8 Å². The SMILES string of the molecule is FB(F)F.[2H]OP(=O)(O[2H])O[2H]. The maximum atomic E-state index is 10.1. The molecule has 3 N–H and O–H groups in total. The first-order valence-electron chi connectivity index (χ1n) is 2.61. The van der Waals surface area contributed by atoms with E-state index in [4.69, 9.17) is 4.29 Å². The van der Waals surface area contributed by atoms with E-state index < -0.39 is 15.4 Å². The van der Waals surface area contributed by atoms with Crippen molar-refractivity contribution in [3.8, 4) is 0 Å². The molecule has 0 heterocycles. The molecular formula is H3BF3O4P. The highest BCUT2D eigenvalue weighted by molar-refractivity contribution is 7.45. The Morgan fingerprint density at radius 1 is 1.33 bits per heavy atom. The molecule has 0 bridgehead atoms. The molecule has 0 saturated heterocycles. The van der Waals surface area contributed by atoms with Crippen molar-refractivity contribution in [3.63, 3.8) is 0 Å². The number of hydrogen-bond donors (Lipinski definition) is 3. The van der Waals surface area contributed by atoms with Crippen LogP contribution in [0.2, 0.25) is 0 Å². The van der Waals surface area contributed by atoms with Crippen LogP contribution in [0.5, 0.6) is 0 Å². The van der Waals surface area contributed by atoms with E-state index in [0.29, 0.717) is 0 Å². The summed E-state index contributed by atoms with van der Waals surface area (Å²) >= 11 is 0. The second kappa shape index (κ2) is 4.81. The van der Waals surface area contributed by atoms with Gasteiger partial charge in [-0.25, -0.2) is 4.57 Å². The van der Waals surface area contributed by atoms with Gasteiger partial charge in [0.15, 0.2) is 0 Å². The normalized spacial score (nSPS) is 13.9.